The van der Waals surface area contributed by atoms with Crippen LogP contribution >= 0.6 is 11.6 Å². The normalized spacial score (nSPS) is 9.41. The van der Waals surface area contributed by atoms with Crippen LogP contribution < -0.4 is 0 Å². The minimum absolute atomic E-state index is 0.0622. The Balaban J connectivity index is 3.58. The number of alkyl halides is 1. The summed E-state index contributed by atoms with van der Waals surface area (Å²) in [7, 11) is 0. The molecule has 1 rings (SSSR count). The number of nitro groups is 1. The maximum atomic E-state index is 11.3. The average molecular weight is 253 g/mol. The highest BCUT2D eigenvalue weighted by Gasteiger charge is 2.21. The zero-order valence-corrected chi connectivity index (χ0v) is 9.10. The van der Waals surface area contributed by atoms with Crippen molar-refractivity contribution in [2.24, 2.45) is 0 Å². The van der Waals surface area contributed by atoms with E-state index in [2.05, 4.69) is 0 Å². The fourth-order valence-corrected chi connectivity index (χ4v) is 1.40. The lowest BCUT2D eigenvalue weighted by Crippen LogP contribution is -2.05. The van der Waals surface area contributed by atoms with Gasteiger partial charge in [0, 0.05) is 17.2 Å². The number of benzene rings is 1. The highest BCUT2D eigenvalue weighted by atomic mass is 35.5. The molecule has 0 aliphatic rings. The van der Waals surface area contributed by atoms with Crippen molar-refractivity contribution in [1.29, 1.82) is 5.26 Å². The number of ketones is 1. The lowest BCUT2D eigenvalue weighted by molar-refractivity contribution is -0.385. The van der Waals surface area contributed by atoms with Crippen molar-refractivity contribution in [2.75, 3.05) is 5.88 Å². The van der Waals surface area contributed by atoms with Gasteiger partial charge in [0.15, 0.2) is 12.1 Å². The number of carbonyl (C=O) groups excluding carboxylic acids is 2. The van der Waals surface area contributed by atoms with Crippen molar-refractivity contribution in [3.8, 4) is 6.07 Å². The van der Waals surface area contributed by atoms with Gasteiger partial charge in [-0.3, -0.25) is 19.7 Å². The monoisotopic (exact) mass is 252 g/mol. The third-order valence-corrected chi connectivity index (χ3v) is 2.27. The van der Waals surface area contributed by atoms with E-state index in [1.165, 1.54) is 0 Å². The minimum atomic E-state index is -0.823. The number of rotatable bonds is 4. The number of carbonyl (C=O) groups is 2. The Morgan fingerprint density at radius 3 is 2.65 bits per heavy atom. The van der Waals surface area contributed by atoms with Crippen LogP contribution in [0.25, 0.3) is 0 Å². The number of nitriles is 1. The summed E-state index contributed by atoms with van der Waals surface area (Å²) >= 11 is 5.31. The van der Waals surface area contributed by atoms with E-state index in [0.29, 0.717) is 0 Å². The molecule has 0 aliphatic heterocycles. The highest BCUT2D eigenvalue weighted by Crippen LogP contribution is 2.23. The van der Waals surface area contributed by atoms with E-state index in [4.69, 9.17) is 16.9 Å². The van der Waals surface area contributed by atoms with E-state index >= 15 is 0 Å². The summed E-state index contributed by atoms with van der Waals surface area (Å²) < 4.78 is 0. The molecule has 17 heavy (non-hydrogen) atoms. The Morgan fingerprint density at radius 1 is 1.59 bits per heavy atom. The van der Waals surface area contributed by atoms with E-state index in [-0.39, 0.29) is 28.9 Å². The minimum Gasteiger partial charge on any atom is -0.298 e. The van der Waals surface area contributed by atoms with Gasteiger partial charge in [-0.15, -0.1) is 11.6 Å². The molecule has 0 heterocycles. The van der Waals surface area contributed by atoms with Gasteiger partial charge in [-0.05, 0) is 6.07 Å². The van der Waals surface area contributed by atoms with Crippen molar-refractivity contribution in [3.05, 3.63) is 38.9 Å². The average Bonchev–Trinajstić information content (AvgIpc) is 2.35. The van der Waals surface area contributed by atoms with Crippen LogP contribution in [0.1, 0.15) is 26.3 Å². The van der Waals surface area contributed by atoms with Crippen LogP contribution in [0, 0.1) is 21.4 Å². The van der Waals surface area contributed by atoms with Crippen molar-refractivity contribution in [1.82, 2.24) is 0 Å². The van der Waals surface area contributed by atoms with E-state index in [0.717, 1.165) is 12.1 Å². The van der Waals surface area contributed by atoms with Gasteiger partial charge in [0.2, 0.25) is 0 Å². The quantitative estimate of drug-likeness (QED) is 0.267. The SMILES string of the molecule is N#Cc1c(C=O)cc(C(=O)CCl)cc1[N+](=O)[O-]. The van der Waals surface area contributed by atoms with Gasteiger partial charge in [0.05, 0.1) is 10.8 Å². The van der Waals surface area contributed by atoms with Crippen molar-refractivity contribution < 1.29 is 14.5 Å². The van der Waals surface area contributed by atoms with Gasteiger partial charge in [-0.25, -0.2) is 0 Å². The van der Waals surface area contributed by atoms with Crippen LogP contribution in [0.4, 0.5) is 5.69 Å². The summed E-state index contributed by atoms with van der Waals surface area (Å²) in [6.45, 7) is 0. The Morgan fingerprint density at radius 2 is 2.24 bits per heavy atom. The standard InChI is InChI=1S/C10H5ClN2O4/c11-3-10(15)6-1-7(5-14)8(4-12)9(2-6)13(16)17/h1-2,5H,3H2. The number of hydrogen-bond donors (Lipinski definition) is 0. The second-order valence-corrected chi connectivity index (χ2v) is 3.27. The molecule has 1 aromatic carbocycles. The van der Waals surface area contributed by atoms with Crippen LogP contribution in [0.15, 0.2) is 12.1 Å². The number of nitrogens with zero attached hydrogens (tertiary/aromatic N) is 2. The van der Waals surface area contributed by atoms with E-state index in [1.54, 1.807) is 6.07 Å². The molecule has 7 heteroatoms. The van der Waals surface area contributed by atoms with Gasteiger partial charge < -0.3 is 0 Å². The topological polar surface area (TPSA) is 101 Å². The summed E-state index contributed by atoms with van der Waals surface area (Å²) in [5.41, 5.74) is -1.20. The first-order valence-corrected chi connectivity index (χ1v) is 4.85. The number of Topliss-reactive ketones (excluding diaryl/α,β-unsaturated/α-hetero) is 1. The predicted octanol–water partition coefficient (Wildman–Crippen LogP) is 1.70. The second kappa shape index (κ2) is 5.18. The number of aldehydes is 1. The first-order valence-electron chi connectivity index (χ1n) is 4.32. The molecule has 0 unspecified atom stereocenters. The number of hydrogen-bond acceptors (Lipinski definition) is 5. The molecule has 0 N–H and O–H groups in total. The molecule has 0 bridgehead atoms. The number of nitro benzene ring substituents is 1. The van der Waals surface area contributed by atoms with Gasteiger partial charge in [-0.1, -0.05) is 0 Å². The fraction of sp³-hybridized carbons (Fsp3) is 0.100. The molecule has 0 radical (unpaired) electrons. The predicted molar refractivity (Wildman–Crippen MR) is 58.2 cm³/mol. The molecule has 0 aromatic heterocycles. The smallest absolute Gasteiger partial charge is 0.288 e. The molecule has 0 saturated carbocycles. The number of halogens is 1. The first kappa shape index (κ1) is 12.8. The third-order valence-electron chi connectivity index (χ3n) is 2.03. The van der Waals surface area contributed by atoms with Crippen LogP contribution in [0.2, 0.25) is 0 Å². The molecule has 1 aromatic rings. The first-order chi connectivity index (χ1) is 8.04. The van der Waals surface area contributed by atoms with Crippen LogP contribution in [0.5, 0.6) is 0 Å². The summed E-state index contributed by atoms with van der Waals surface area (Å²) in [5, 5.41) is 19.4. The molecular formula is C10H5ClN2O4. The maximum absolute atomic E-state index is 11.3. The van der Waals surface area contributed by atoms with Crippen molar-refractivity contribution in [3.63, 3.8) is 0 Å². The molecule has 0 saturated heterocycles. The molecule has 0 fully saturated rings. The zero-order chi connectivity index (χ0) is 13.0. The van der Waals surface area contributed by atoms with E-state index in [9.17, 15) is 19.7 Å². The maximum Gasteiger partial charge on any atom is 0.288 e. The van der Waals surface area contributed by atoms with Crippen LogP contribution in [-0.4, -0.2) is 22.9 Å². The molecular weight excluding hydrogens is 248 g/mol. The molecule has 0 atom stereocenters. The van der Waals surface area contributed by atoms with Crippen molar-refractivity contribution >= 4 is 29.4 Å². The Kier molecular flexibility index (Phi) is 3.91. The highest BCUT2D eigenvalue weighted by molar-refractivity contribution is 6.30. The second-order valence-electron chi connectivity index (χ2n) is 3.00. The van der Waals surface area contributed by atoms with E-state index in [1.807, 2.05) is 0 Å². The van der Waals surface area contributed by atoms with Gasteiger partial charge in [-0.2, -0.15) is 5.26 Å². The van der Waals surface area contributed by atoms with E-state index < -0.39 is 16.4 Å². The van der Waals surface area contributed by atoms with Crippen molar-refractivity contribution in [2.45, 2.75) is 0 Å². The summed E-state index contributed by atoms with van der Waals surface area (Å²) in [5.74, 6) is -0.913. The molecule has 0 amide bonds. The molecule has 0 aliphatic carbocycles. The van der Waals surface area contributed by atoms with Gasteiger partial charge in [0.25, 0.3) is 5.69 Å². The fourth-order valence-electron chi connectivity index (χ4n) is 1.25. The summed E-state index contributed by atoms with van der Waals surface area (Å²) in [4.78, 5) is 31.9. The largest absolute Gasteiger partial charge is 0.298 e. The lowest BCUT2D eigenvalue weighted by Gasteiger charge is -2.02. The Hall–Kier alpha value is -2.26. The third kappa shape index (κ3) is 2.46. The summed E-state index contributed by atoms with van der Waals surface area (Å²) in [6, 6.07) is 3.62. The molecule has 6 nitrogen and oxygen atoms in total. The summed E-state index contributed by atoms with van der Waals surface area (Å²) in [6.07, 6.45) is 0.288. The lowest BCUT2D eigenvalue weighted by atomic mass is 10.0. The van der Waals surface area contributed by atoms with Crippen LogP contribution in [-0.2, 0) is 0 Å². The Bertz CT molecular complexity index is 548. The van der Waals surface area contributed by atoms with Crippen LogP contribution in [0.3, 0.4) is 0 Å². The zero-order valence-electron chi connectivity index (χ0n) is 8.34. The van der Waals surface area contributed by atoms with Gasteiger partial charge >= 0.3 is 0 Å². The molecule has 86 valence electrons. The molecule has 0 spiro atoms. The Labute approximate surface area is 101 Å². The van der Waals surface area contributed by atoms with Gasteiger partial charge in [0.1, 0.15) is 11.6 Å².